The lowest BCUT2D eigenvalue weighted by Gasteiger charge is -2.11. The number of benzene rings is 2. The third-order valence-corrected chi connectivity index (χ3v) is 4.91. The largest absolute Gasteiger partial charge is 0.465 e. The average molecular weight is 397 g/mol. The summed E-state index contributed by atoms with van der Waals surface area (Å²) in [5.74, 6) is 0.737. The highest BCUT2D eigenvalue weighted by Crippen LogP contribution is 2.23. The highest BCUT2D eigenvalue weighted by molar-refractivity contribution is 7.99. The maximum Gasteiger partial charge on any atom is 0.316 e. The Balaban J connectivity index is 1.77. The zero-order valence-electron chi connectivity index (χ0n) is 16.1. The molecule has 2 aromatic carbocycles. The van der Waals surface area contributed by atoms with Crippen molar-refractivity contribution in [1.29, 1.82) is 0 Å². The van der Waals surface area contributed by atoms with Gasteiger partial charge in [-0.1, -0.05) is 54.6 Å². The third kappa shape index (κ3) is 5.36. The second-order valence-electron chi connectivity index (χ2n) is 6.30. The molecule has 0 atom stereocenters. The van der Waals surface area contributed by atoms with E-state index in [1.54, 1.807) is 0 Å². The van der Waals surface area contributed by atoms with E-state index in [9.17, 15) is 4.79 Å². The molecule has 0 unspecified atom stereocenters. The average Bonchev–Trinajstić information content (AvgIpc) is 3.13. The second-order valence-corrected chi connectivity index (χ2v) is 7.24. The molecule has 1 aromatic heterocycles. The zero-order chi connectivity index (χ0) is 19.8. The van der Waals surface area contributed by atoms with Gasteiger partial charge in [0.05, 0.1) is 18.9 Å². The summed E-state index contributed by atoms with van der Waals surface area (Å²) in [5.41, 5.74) is 3.19. The van der Waals surface area contributed by atoms with Crippen molar-refractivity contribution in [2.24, 2.45) is 0 Å². The summed E-state index contributed by atoms with van der Waals surface area (Å²) in [6, 6.07) is 18.1. The number of carbonyl (C=O) groups is 1. The minimum atomic E-state index is -0.242. The Hall–Kier alpha value is -2.80. The number of aryl methyl sites for hydroxylation is 1. The normalized spacial score (nSPS) is 10.6. The van der Waals surface area contributed by atoms with E-state index in [1.807, 2.05) is 54.0 Å². The molecule has 146 valence electrons. The van der Waals surface area contributed by atoms with Crippen molar-refractivity contribution in [2.75, 3.05) is 17.7 Å². The molecule has 28 heavy (non-hydrogen) atoms. The molecule has 0 bridgehead atoms. The Morgan fingerprint density at radius 2 is 1.86 bits per heavy atom. The number of rotatable bonds is 9. The van der Waals surface area contributed by atoms with E-state index in [1.165, 1.54) is 17.3 Å². The van der Waals surface area contributed by atoms with Crippen molar-refractivity contribution >= 4 is 23.4 Å². The van der Waals surface area contributed by atoms with E-state index in [-0.39, 0.29) is 11.7 Å². The van der Waals surface area contributed by atoms with Crippen LogP contribution in [0.2, 0.25) is 0 Å². The number of esters is 1. The summed E-state index contributed by atoms with van der Waals surface area (Å²) >= 11 is 1.33. The maximum absolute atomic E-state index is 11.9. The highest BCUT2D eigenvalue weighted by atomic mass is 32.2. The van der Waals surface area contributed by atoms with Crippen LogP contribution in [0, 0.1) is 6.92 Å². The summed E-state index contributed by atoms with van der Waals surface area (Å²) < 4.78 is 7.12. The lowest BCUT2D eigenvalue weighted by atomic mass is 10.2. The van der Waals surface area contributed by atoms with E-state index in [0.29, 0.717) is 18.3 Å². The van der Waals surface area contributed by atoms with Crippen molar-refractivity contribution < 1.29 is 9.53 Å². The van der Waals surface area contributed by atoms with Crippen LogP contribution in [-0.4, -0.2) is 33.1 Å². The predicted octanol–water partition coefficient (Wildman–Crippen LogP) is 4.23. The highest BCUT2D eigenvalue weighted by Gasteiger charge is 2.16. The SMILES string of the molecule is CCCOC(=O)CSc1nnc(CNc2ccc(C)cc2)n1-c1ccccc1. The van der Waals surface area contributed by atoms with Gasteiger partial charge in [0.25, 0.3) is 0 Å². The van der Waals surface area contributed by atoms with Gasteiger partial charge in [-0.05, 0) is 37.6 Å². The molecule has 3 rings (SSSR count). The Morgan fingerprint density at radius 1 is 1.11 bits per heavy atom. The molecular formula is C21H24N4O2S. The second kappa shape index (κ2) is 9.94. The molecule has 0 amide bonds. The van der Waals surface area contributed by atoms with Gasteiger partial charge in [0.15, 0.2) is 11.0 Å². The number of para-hydroxylation sites is 1. The van der Waals surface area contributed by atoms with Gasteiger partial charge in [0.1, 0.15) is 0 Å². The number of nitrogens with zero attached hydrogens (tertiary/aromatic N) is 3. The lowest BCUT2D eigenvalue weighted by molar-refractivity contribution is -0.140. The van der Waals surface area contributed by atoms with Gasteiger partial charge >= 0.3 is 5.97 Å². The van der Waals surface area contributed by atoms with Crippen molar-refractivity contribution in [1.82, 2.24) is 14.8 Å². The Morgan fingerprint density at radius 3 is 2.57 bits per heavy atom. The van der Waals surface area contributed by atoms with Crippen molar-refractivity contribution in [2.45, 2.75) is 32.0 Å². The molecular weight excluding hydrogens is 372 g/mol. The van der Waals surface area contributed by atoms with Gasteiger partial charge in [-0.15, -0.1) is 10.2 Å². The first-order valence-electron chi connectivity index (χ1n) is 9.26. The molecule has 1 heterocycles. The van der Waals surface area contributed by atoms with E-state index in [2.05, 4.69) is 34.6 Å². The quantitative estimate of drug-likeness (QED) is 0.431. The summed E-state index contributed by atoms with van der Waals surface area (Å²) in [7, 11) is 0. The van der Waals surface area contributed by atoms with E-state index in [0.717, 1.165) is 23.6 Å². The topological polar surface area (TPSA) is 69.0 Å². The minimum Gasteiger partial charge on any atom is -0.465 e. The molecule has 0 aliphatic carbocycles. The first kappa shape index (κ1) is 19.9. The predicted molar refractivity (Wildman–Crippen MR) is 112 cm³/mol. The van der Waals surface area contributed by atoms with Crippen LogP contribution in [0.1, 0.15) is 24.7 Å². The van der Waals surface area contributed by atoms with Gasteiger partial charge in [0.2, 0.25) is 0 Å². The van der Waals surface area contributed by atoms with Gasteiger partial charge < -0.3 is 10.1 Å². The number of nitrogens with one attached hydrogen (secondary N) is 1. The molecule has 3 aromatic rings. The number of hydrogen-bond donors (Lipinski definition) is 1. The molecule has 0 saturated carbocycles. The Labute approximate surface area is 169 Å². The molecule has 1 N–H and O–H groups in total. The van der Waals surface area contributed by atoms with Crippen LogP contribution in [0.25, 0.3) is 5.69 Å². The zero-order valence-corrected chi connectivity index (χ0v) is 16.9. The van der Waals surface area contributed by atoms with E-state index in [4.69, 9.17) is 4.74 Å². The summed E-state index contributed by atoms with van der Waals surface area (Å²) in [6.45, 7) is 4.99. The van der Waals surface area contributed by atoms with Gasteiger partial charge in [-0.3, -0.25) is 9.36 Å². The van der Waals surface area contributed by atoms with E-state index >= 15 is 0 Å². The van der Waals surface area contributed by atoms with Crippen LogP contribution in [-0.2, 0) is 16.1 Å². The number of ether oxygens (including phenoxy) is 1. The first-order valence-corrected chi connectivity index (χ1v) is 10.2. The summed E-state index contributed by atoms with van der Waals surface area (Å²) in [4.78, 5) is 11.9. The van der Waals surface area contributed by atoms with Gasteiger partial charge in [0, 0.05) is 11.4 Å². The fourth-order valence-electron chi connectivity index (χ4n) is 2.58. The molecule has 0 spiro atoms. The third-order valence-electron chi connectivity index (χ3n) is 4.00. The Bertz CT molecular complexity index is 895. The number of anilines is 1. The number of carbonyl (C=O) groups excluding carboxylic acids is 1. The standard InChI is InChI=1S/C21H24N4O2S/c1-3-13-27-20(26)15-28-21-24-23-19(25(21)18-7-5-4-6-8-18)14-22-17-11-9-16(2)10-12-17/h4-12,22H,3,13-15H2,1-2H3. The van der Waals surface area contributed by atoms with E-state index < -0.39 is 0 Å². The molecule has 6 nitrogen and oxygen atoms in total. The first-order chi connectivity index (χ1) is 13.7. The van der Waals surface area contributed by atoms with Crippen molar-refractivity contribution in [3.05, 3.63) is 66.0 Å². The van der Waals surface area contributed by atoms with Crippen LogP contribution in [0.5, 0.6) is 0 Å². The van der Waals surface area contributed by atoms with Crippen LogP contribution >= 0.6 is 11.8 Å². The van der Waals surface area contributed by atoms with Gasteiger partial charge in [-0.25, -0.2) is 0 Å². The van der Waals surface area contributed by atoms with Gasteiger partial charge in [-0.2, -0.15) is 0 Å². The molecule has 0 radical (unpaired) electrons. The maximum atomic E-state index is 11.9. The fourth-order valence-corrected chi connectivity index (χ4v) is 3.35. The lowest BCUT2D eigenvalue weighted by Crippen LogP contribution is -2.10. The molecule has 0 fully saturated rings. The molecule has 7 heteroatoms. The minimum absolute atomic E-state index is 0.205. The number of thioether (sulfide) groups is 1. The Kier molecular flexibility index (Phi) is 7.08. The smallest absolute Gasteiger partial charge is 0.316 e. The van der Waals surface area contributed by atoms with Crippen LogP contribution in [0.3, 0.4) is 0 Å². The molecule has 0 aliphatic heterocycles. The van der Waals surface area contributed by atoms with Crippen LogP contribution in [0.15, 0.2) is 59.8 Å². The summed E-state index contributed by atoms with van der Waals surface area (Å²) in [5, 5.41) is 12.7. The fraction of sp³-hybridized carbons (Fsp3) is 0.286. The molecule has 0 aliphatic rings. The van der Waals surface area contributed by atoms with Crippen molar-refractivity contribution in [3.8, 4) is 5.69 Å². The number of hydrogen-bond acceptors (Lipinski definition) is 6. The van der Waals surface area contributed by atoms with Crippen LogP contribution in [0.4, 0.5) is 5.69 Å². The molecule has 0 saturated heterocycles. The van der Waals surface area contributed by atoms with Crippen LogP contribution < -0.4 is 5.32 Å². The van der Waals surface area contributed by atoms with Crippen molar-refractivity contribution in [3.63, 3.8) is 0 Å². The monoisotopic (exact) mass is 396 g/mol. The summed E-state index contributed by atoms with van der Waals surface area (Å²) in [6.07, 6.45) is 0.811. The number of aromatic nitrogens is 3.